The highest BCUT2D eigenvalue weighted by atomic mass is 32.2. The van der Waals surface area contributed by atoms with Gasteiger partial charge in [0.05, 0.1) is 5.75 Å². The number of anilines is 1. The lowest BCUT2D eigenvalue weighted by Gasteiger charge is -2.33. The lowest BCUT2D eigenvalue weighted by atomic mass is 10.0. The van der Waals surface area contributed by atoms with Gasteiger partial charge in [0.15, 0.2) is 4.34 Å². The maximum atomic E-state index is 12.9. The standard InChI is InChI=1S/C17H21FN4OS2/c1-12-4-2-3-9-22(12)15(23)11-24-17-21-20-16(25-17)19-10-13-5-7-14(18)8-6-13/h5-8,12H,2-4,9-11H2,1H3,(H,19,20)/t12-/m1/s1. The number of aromatic nitrogens is 2. The Morgan fingerprint density at radius 1 is 1.36 bits per heavy atom. The highest BCUT2D eigenvalue weighted by Gasteiger charge is 2.23. The number of thioether (sulfide) groups is 1. The number of amides is 1. The zero-order valence-corrected chi connectivity index (χ0v) is 15.7. The van der Waals surface area contributed by atoms with Gasteiger partial charge in [-0.1, -0.05) is 35.2 Å². The third-order valence-corrected chi connectivity index (χ3v) is 6.20. The van der Waals surface area contributed by atoms with Crippen LogP contribution in [0.15, 0.2) is 28.6 Å². The number of nitrogens with zero attached hydrogens (tertiary/aromatic N) is 3. The Hall–Kier alpha value is -1.67. The van der Waals surface area contributed by atoms with E-state index in [1.54, 1.807) is 12.1 Å². The molecule has 8 heteroatoms. The maximum absolute atomic E-state index is 12.9. The number of nitrogens with one attached hydrogen (secondary N) is 1. The molecule has 1 aliphatic heterocycles. The minimum atomic E-state index is -0.244. The van der Waals surface area contributed by atoms with E-state index in [2.05, 4.69) is 22.4 Å². The monoisotopic (exact) mass is 380 g/mol. The molecule has 25 heavy (non-hydrogen) atoms. The van der Waals surface area contributed by atoms with Crippen molar-refractivity contribution in [3.63, 3.8) is 0 Å². The average Bonchev–Trinajstić information content (AvgIpc) is 3.07. The molecule has 1 amide bonds. The van der Waals surface area contributed by atoms with E-state index in [9.17, 15) is 9.18 Å². The number of hydrogen-bond donors (Lipinski definition) is 1. The van der Waals surface area contributed by atoms with Gasteiger partial charge >= 0.3 is 0 Å². The molecule has 1 aromatic heterocycles. The van der Waals surface area contributed by atoms with Crippen molar-refractivity contribution in [3.05, 3.63) is 35.6 Å². The molecule has 1 N–H and O–H groups in total. The summed E-state index contributed by atoms with van der Waals surface area (Å²) in [6.07, 6.45) is 3.39. The Morgan fingerprint density at radius 3 is 2.92 bits per heavy atom. The van der Waals surface area contributed by atoms with Crippen molar-refractivity contribution in [3.8, 4) is 0 Å². The van der Waals surface area contributed by atoms with Crippen LogP contribution in [0.4, 0.5) is 9.52 Å². The molecule has 2 heterocycles. The van der Waals surface area contributed by atoms with Crippen molar-refractivity contribution in [1.82, 2.24) is 15.1 Å². The minimum Gasteiger partial charge on any atom is -0.356 e. The van der Waals surface area contributed by atoms with Gasteiger partial charge in [-0.3, -0.25) is 4.79 Å². The molecule has 1 aromatic carbocycles. The second kappa shape index (κ2) is 8.62. The quantitative estimate of drug-likeness (QED) is 0.773. The van der Waals surface area contributed by atoms with E-state index in [1.807, 2.05) is 4.90 Å². The molecular formula is C17H21FN4OS2. The zero-order valence-electron chi connectivity index (χ0n) is 14.1. The van der Waals surface area contributed by atoms with Crippen LogP contribution in [0.3, 0.4) is 0 Å². The summed E-state index contributed by atoms with van der Waals surface area (Å²) in [6, 6.07) is 6.68. The van der Waals surface area contributed by atoms with Crippen molar-refractivity contribution in [2.24, 2.45) is 0 Å². The van der Waals surface area contributed by atoms with Gasteiger partial charge in [0.25, 0.3) is 0 Å². The van der Waals surface area contributed by atoms with Crippen LogP contribution in [0.5, 0.6) is 0 Å². The van der Waals surface area contributed by atoms with Gasteiger partial charge in [-0.25, -0.2) is 4.39 Å². The fraction of sp³-hybridized carbons (Fsp3) is 0.471. The largest absolute Gasteiger partial charge is 0.356 e. The summed E-state index contributed by atoms with van der Waals surface area (Å²) in [6.45, 7) is 3.54. The molecular weight excluding hydrogens is 359 g/mol. The topological polar surface area (TPSA) is 58.1 Å². The Kier molecular flexibility index (Phi) is 6.25. The first-order valence-electron chi connectivity index (χ1n) is 8.36. The second-order valence-electron chi connectivity index (χ2n) is 6.07. The van der Waals surface area contributed by atoms with Gasteiger partial charge in [-0.15, -0.1) is 10.2 Å². The lowest BCUT2D eigenvalue weighted by Crippen LogP contribution is -2.42. The molecule has 5 nitrogen and oxygen atoms in total. The second-order valence-corrected chi connectivity index (χ2v) is 8.27. The van der Waals surface area contributed by atoms with E-state index >= 15 is 0 Å². The Bertz CT molecular complexity index is 707. The van der Waals surface area contributed by atoms with Crippen LogP contribution < -0.4 is 5.32 Å². The highest BCUT2D eigenvalue weighted by molar-refractivity contribution is 8.01. The molecule has 2 aromatic rings. The molecule has 1 fully saturated rings. The summed E-state index contributed by atoms with van der Waals surface area (Å²) in [4.78, 5) is 14.3. The van der Waals surface area contributed by atoms with Crippen molar-refractivity contribution >= 4 is 34.1 Å². The van der Waals surface area contributed by atoms with Gasteiger partial charge in [-0.2, -0.15) is 0 Å². The molecule has 3 rings (SSSR count). The third-order valence-electron chi connectivity index (χ3n) is 4.21. The summed E-state index contributed by atoms with van der Waals surface area (Å²) in [7, 11) is 0. The van der Waals surface area contributed by atoms with Crippen molar-refractivity contribution in [2.45, 2.75) is 43.1 Å². The van der Waals surface area contributed by atoms with Crippen molar-refractivity contribution < 1.29 is 9.18 Å². The van der Waals surface area contributed by atoms with Gasteiger partial charge in [-0.05, 0) is 43.9 Å². The molecule has 0 saturated carbocycles. The molecule has 134 valence electrons. The molecule has 0 radical (unpaired) electrons. The molecule has 0 bridgehead atoms. The van der Waals surface area contributed by atoms with Gasteiger partial charge in [0, 0.05) is 19.1 Å². The predicted molar refractivity (Wildman–Crippen MR) is 99.4 cm³/mol. The van der Waals surface area contributed by atoms with Crippen molar-refractivity contribution in [1.29, 1.82) is 0 Å². The number of halogens is 1. The van der Waals surface area contributed by atoms with Crippen LogP contribution in [0.2, 0.25) is 0 Å². The first kappa shape index (κ1) is 18.1. The average molecular weight is 381 g/mol. The molecule has 0 aliphatic carbocycles. The molecule has 1 aliphatic rings. The maximum Gasteiger partial charge on any atom is 0.233 e. The number of benzene rings is 1. The number of piperidine rings is 1. The predicted octanol–water partition coefficient (Wildman–Crippen LogP) is 3.78. The van der Waals surface area contributed by atoms with E-state index in [0.717, 1.165) is 29.3 Å². The lowest BCUT2D eigenvalue weighted by molar-refractivity contribution is -0.131. The van der Waals surface area contributed by atoms with Crippen LogP contribution >= 0.6 is 23.1 Å². The van der Waals surface area contributed by atoms with Crippen LogP contribution in [0.25, 0.3) is 0 Å². The van der Waals surface area contributed by atoms with E-state index in [4.69, 9.17) is 0 Å². The summed E-state index contributed by atoms with van der Waals surface area (Å²) < 4.78 is 13.7. The molecule has 0 unspecified atom stereocenters. The third kappa shape index (κ3) is 5.15. The Morgan fingerprint density at radius 2 is 2.16 bits per heavy atom. The number of likely N-dealkylation sites (tertiary alicyclic amines) is 1. The van der Waals surface area contributed by atoms with Gasteiger partial charge < -0.3 is 10.2 Å². The van der Waals surface area contributed by atoms with E-state index < -0.39 is 0 Å². The number of carbonyl (C=O) groups is 1. The van der Waals surface area contributed by atoms with E-state index in [-0.39, 0.29) is 11.7 Å². The summed E-state index contributed by atoms with van der Waals surface area (Å²) >= 11 is 2.86. The fourth-order valence-corrected chi connectivity index (χ4v) is 4.43. The highest BCUT2D eigenvalue weighted by Crippen LogP contribution is 2.27. The van der Waals surface area contributed by atoms with Gasteiger partial charge in [0.1, 0.15) is 5.82 Å². The van der Waals surface area contributed by atoms with Crippen molar-refractivity contribution in [2.75, 3.05) is 17.6 Å². The van der Waals surface area contributed by atoms with Crippen LogP contribution in [-0.4, -0.2) is 39.3 Å². The summed E-state index contributed by atoms with van der Waals surface area (Å²) in [5.41, 5.74) is 0.972. The SMILES string of the molecule is C[C@@H]1CCCCN1C(=O)CSc1nnc(NCc2ccc(F)cc2)s1. The van der Waals surface area contributed by atoms with Crippen LogP contribution in [0.1, 0.15) is 31.7 Å². The number of hydrogen-bond acceptors (Lipinski definition) is 6. The van der Waals surface area contributed by atoms with Gasteiger partial charge in [0.2, 0.25) is 11.0 Å². The first-order chi connectivity index (χ1) is 12.1. The Labute approximate surface area is 155 Å². The number of rotatable bonds is 6. The Balaban J connectivity index is 1.46. The van der Waals surface area contributed by atoms with Crippen LogP contribution in [-0.2, 0) is 11.3 Å². The zero-order chi connectivity index (χ0) is 17.6. The molecule has 0 spiro atoms. The summed E-state index contributed by atoms with van der Waals surface area (Å²) in [5.74, 6) is 0.330. The summed E-state index contributed by atoms with van der Waals surface area (Å²) in [5, 5.41) is 12.1. The molecule has 1 saturated heterocycles. The van der Waals surface area contributed by atoms with E-state index in [0.29, 0.717) is 23.5 Å². The first-order valence-corrected chi connectivity index (χ1v) is 10.2. The normalized spacial score (nSPS) is 17.5. The smallest absolute Gasteiger partial charge is 0.233 e. The molecule has 1 atom stereocenters. The van der Waals surface area contributed by atoms with Crippen LogP contribution in [0, 0.1) is 5.82 Å². The number of carbonyl (C=O) groups excluding carboxylic acids is 1. The van der Waals surface area contributed by atoms with E-state index in [1.165, 1.54) is 41.7 Å². The fourth-order valence-electron chi connectivity index (χ4n) is 2.79. The minimum absolute atomic E-state index is 0.174.